The lowest BCUT2D eigenvalue weighted by atomic mass is 10.1. The Hall–Kier alpha value is -2.84. The molecule has 0 radical (unpaired) electrons. The number of allylic oxidation sites excluding steroid dienone is 1. The third-order valence-corrected chi connectivity index (χ3v) is 5.74. The Kier molecular flexibility index (Phi) is 7.70. The maximum Gasteiger partial charge on any atom is 0.234 e. The Morgan fingerprint density at radius 1 is 1.26 bits per heavy atom. The predicted molar refractivity (Wildman–Crippen MR) is 121 cm³/mol. The van der Waals surface area contributed by atoms with Crippen LogP contribution in [0.15, 0.2) is 54.2 Å². The quantitative estimate of drug-likeness (QED) is 0.352. The van der Waals surface area contributed by atoms with Gasteiger partial charge >= 0.3 is 0 Å². The summed E-state index contributed by atoms with van der Waals surface area (Å²) in [6, 6.07) is 9.92. The number of benzene rings is 2. The van der Waals surface area contributed by atoms with E-state index in [1.807, 2.05) is 36.6 Å². The zero-order valence-corrected chi connectivity index (χ0v) is 18.8. The van der Waals surface area contributed by atoms with E-state index >= 15 is 0 Å². The van der Waals surface area contributed by atoms with Crippen LogP contribution >= 0.6 is 23.4 Å². The highest BCUT2D eigenvalue weighted by Gasteiger charge is 2.15. The van der Waals surface area contributed by atoms with Crippen LogP contribution in [0.2, 0.25) is 5.02 Å². The SMILES string of the molecule is C=CCn1c(COc2ccc(C)c(C)c2)nnc1SCC(=O)Nc1ccc(F)c(Cl)c1. The highest BCUT2D eigenvalue weighted by Crippen LogP contribution is 2.22. The summed E-state index contributed by atoms with van der Waals surface area (Å²) in [5.74, 6) is 0.674. The minimum absolute atomic E-state index is 0.0513. The average molecular weight is 461 g/mol. The van der Waals surface area contributed by atoms with Gasteiger partial charge in [-0.25, -0.2) is 4.39 Å². The number of nitrogens with zero attached hydrogens (tertiary/aromatic N) is 3. The molecule has 31 heavy (non-hydrogen) atoms. The third kappa shape index (κ3) is 6.08. The molecule has 0 saturated carbocycles. The lowest BCUT2D eigenvalue weighted by molar-refractivity contribution is -0.113. The number of hydrogen-bond donors (Lipinski definition) is 1. The van der Waals surface area contributed by atoms with Gasteiger partial charge in [-0.3, -0.25) is 9.36 Å². The van der Waals surface area contributed by atoms with Crippen molar-refractivity contribution in [3.05, 3.63) is 76.8 Å². The standard InChI is InChI=1S/C22H22ClFN4O2S/c1-4-9-28-20(12-30-17-7-5-14(2)15(3)10-17)26-27-22(28)31-13-21(29)25-16-6-8-19(24)18(23)11-16/h4-8,10-11H,1,9,12-13H2,2-3H3,(H,25,29). The van der Waals surface area contributed by atoms with Gasteiger partial charge in [0.25, 0.3) is 0 Å². The maximum absolute atomic E-state index is 13.2. The highest BCUT2D eigenvalue weighted by atomic mass is 35.5. The van der Waals surface area contributed by atoms with Crippen LogP contribution in [0.25, 0.3) is 0 Å². The lowest BCUT2D eigenvalue weighted by Gasteiger charge is -2.10. The van der Waals surface area contributed by atoms with Gasteiger partial charge in [0.1, 0.15) is 18.2 Å². The number of aryl methyl sites for hydroxylation is 2. The minimum atomic E-state index is -0.540. The van der Waals surface area contributed by atoms with Crippen LogP contribution in [0.4, 0.5) is 10.1 Å². The van der Waals surface area contributed by atoms with Gasteiger partial charge in [-0.05, 0) is 55.3 Å². The molecule has 0 spiro atoms. The zero-order valence-electron chi connectivity index (χ0n) is 17.2. The maximum atomic E-state index is 13.2. The number of aromatic nitrogens is 3. The van der Waals surface area contributed by atoms with Crippen LogP contribution in [0.1, 0.15) is 17.0 Å². The van der Waals surface area contributed by atoms with Crippen LogP contribution in [-0.2, 0) is 17.9 Å². The van der Waals surface area contributed by atoms with Gasteiger partial charge in [-0.15, -0.1) is 16.8 Å². The normalized spacial score (nSPS) is 10.7. The number of carbonyl (C=O) groups is 1. The van der Waals surface area contributed by atoms with Crippen LogP contribution in [0.3, 0.4) is 0 Å². The largest absolute Gasteiger partial charge is 0.486 e. The van der Waals surface area contributed by atoms with Crippen molar-refractivity contribution >= 4 is 35.0 Å². The zero-order chi connectivity index (χ0) is 22.4. The van der Waals surface area contributed by atoms with Crippen molar-refractivity contribution in [1.82, 2.24) is 14.8 Å². The van der Waals surface area contributed by atoms with E-state index in [0.717, 1.165) is 11.3 Å². The van der Waals surface area contributed by atoms with Crippen molar-refractivity contribution in [3.63, 3.8) is 0 Å². The van der Waals surface area contributed by atoms with Gasteiger partial charge in [-0.1, -0.05) is 35.5 Å². The molecule has 3 rings (SSSR count). The fourth-order valence-electron chi connectivity index (χ4n) is 2.70. The van der Waals surface area contributed by atoms with Crippen molar-refractivity contribution in [2.24, 2.45) is 0 Å². The first-order valence-corrected chi connectivity index (χ1v) is 10.8. The molecule has 1 aromatic heterocycles. The predicted octanol–water partition coefficient (Wildman–Crippen LogP) is 5.18. The number of anilines is 1. The minimum Gasteiger partial charge on any atom is -0.486 e. The van der Waals surface area contributed by atoms with E-state index in [9.17, 15) is 9.18 Å². The molecule has 1 amide bonds. The molecule has 0 bridgehead atoms. The molecule has 2 aromatic carbocycles. The molecule has 3 aromatic rings. The third-order valence-electron chi connectivity index (χ3n) is 4.49. The molecule has 0 atom stereocenters. The Morgan fingerprint density at radius 2 is 2.06 bits per heavy atom. The molecular formula is C22H22ClFN4O2S. The summed E-state index contributed by atoms with van der Waals surface area (Å²) in [4.78, 5) is 12.3. The van der Waals surface area contributed by atoms with Crippen LogP contribution in [0, 0.1) is 19.7 Å². The van der Waals surface area contributed by atoms with Gasteiger partial charge in [0.15, 0.2) is 11.0 Å². The second kappa shape index (κ2) is 10.5. The Morgan fingerprint density at radius 3 is 2.77 bits per heavy atom. The lowest BCUT2D eigenvalue weighted by Crippen LogP contribution is -2.15. The molecule has 1 N–H and O–H groups in total. The van der Waals surface area contributed by atoms with Crippen molar-refractivity contribution in [2.45, 2.75) is 32.2 Å². The van der Waals surface area contributed by atoms with E-state index in [2.05, 4.69) is 22.1 Å². The number of rotatable bonds is 9. The number of hydrogen-bond acceptors (Lipinski definition) is 5. The van der Waals surface area contributed by atoms with Crippen molar-refractivity contribution < 1.29 is 13.9 Å². The number of ether oxygens (including phenoxy) is 1. The molecule has 0 aliphatic carbocycles. The summed E-state index contributed by atoms with van der Waals surface area (Å²) in [6.45, 7) is 8.57. The van der Waals surface area contributed by atoms with Crippen molar-refractivity contribution in [3.8, 4) is 5.75 Å². The smallest absolute Gasteiger partial charge is 0.234 e. The first kappa shape index (κ1) is 22.8. The topological polar surface area (TPSA) is 69.0 Å². The first-order valence-electron chi connectivity index (χ1n) is 9.48. The average Bonchev–Trinajstić information content (AvgIpc) is 3.12. The molecule has 0 saturated heterocycles. The summed E-state index contributed by atoms with van der Waals surface area (Å²) in [5, 5.41) is 11.6. The van der Waals surface area contributed by atoms with Gasteiger partial charge in [0.05, 0.1) is 10.8 Å². The number of thioether (sulfide) groups is 1. The summed E-state index contributed by atoms with van der Waals surface area (Å²) in [7, 11) is 0. The number of amides is 1. The Balaban J connectivity index is 1.62. The number of carbonyl (C=O) groups excluding carboxylic acids is 1. The fourth-order valence-corrected chi connectivity index (χ4v) is 3.64. The molecule has 0 fully saturated rings. The summed E-state index contributed by atoms with van der Waals surface area (Å²) >= 11 is 6.98. The van der Waals surface area contributed by atoms with E-state index in [4.69, 9.17) is 16.3 Å². The van der Waals surface area contributed by atoms with Gasteiger partial charge in [0, 0.05) is 12.2 Å². The van der Waals surface area contributed by atoms with E-state index in [1.54, 1.807) is 6.08 Å². The summed E-state index contributed by atoms with van der Waals surface area (Å²) in [5.41, 5.74) is 2.77. The Labute approximate surface area is 189 Å². The second-order valence-corrected chi connectivity index (χ2v) is 8.15. The highest BCUT2D eigenvalue weighted by molar-refractivity contribution is 7.99. The van der Waals surface area contributed by atoms with Gasteiger partial charge in [-0.2, -0.15) is 0 Å². The van der Waals surface area contributed by atoms with Crippen LogP contribution < -0.4 is 10.1 Å². The van der Waals surface area contributed by atoms with Crippen LogP contribution in [-0.4, -0.2) is 26.4 Å². The summed E-state index contributed by atoms with van der Waals surface area (Å²) in [6.07, 6.45) is 1.73. The number of halogens is 2. The first-order chi connectivity index (χ1) is 14.9. The Bertz CT molecular complexity index is 1100. The molecule has 1 heterocycles. The van der Waals surface area contributed by atoms with E-state index in [0.29, 0.717) is 23.2 Å². The van der Waals surface area contributed by atoms with Gasteiger partial charge < -0.3 is 10.1 Å². The number of nitrogens with one attached hydrogen (secondary N) is 1. The van der Waals surface area contributed by atoms with Crippen LogP contribution in [0.5, 0.6) is 5.75 Å². The monoisotopic (exact) mass is 460 g/mol. The van der Waals surface area contributed by atoms with Crippen molar-refractivity contribution in [2.75, 3.05) is 11.1 Å². The van der Waals surface area contributed by atoms with Crippen molar-refractivity contribution in [1.29, 1.82) is 0 Å². The summed E-state index contributed by atoms with van der Waals surface area (Å²) < 4.78 is 21.0. The molecule has 0 aliphatic heterocycles. The second-order valence-electron chi connectivity index (χ2n) is 6.80. The fraction of sp³-hybridized carbons (Fsp3) is 0.227. The van der Waals surface area contributed by atoms with E-state index in [1.165, 1.54) is 35.5 Å². The van der Waals surface area contributed by atoms with E-state index < -0.39 is 5.82 Å². The molecule has 9 heteroatoms. The molecular weight excluding hydrogens is 439 g/mol. The van der Waals surface area contributed by atoms with E-state index in [-0.39, 0.29) is 23.3 Å². The molecule has 162 valence electrons. The molecule has 6 nitrogen and oxygen atoms in total. The van der Waals surface area contributed by atoms with Gasteiger partial charge in [0.2, 0.25) is 5.91 Å². The molecule has 0 aliphatic rings. The molecule has 0 unspecified atom stereocenters.